The fourth-order valence-corrected chi connectivity index (χ4v) is 1.57. The van der Waals surface area contributed by atoms with Gasteiger partial charge in [0.15, 0.2) is 0 Å². The van der Waals surface area contributed by atoms with Gasteiger partial charge in [-0.1, -0.05) is 25.4 Å². The lowest BCUT2D eigenvalue weighted by Crippen LogP contribution is -2.27. The first kappa shape index (κ1) is 15.3. The van der Waals surface area contributed by atoms with Gasteiger partial charge in [0.25, 0.3) is 0 Å². The van der Waals surface area contributed by atoms with E-state index in [2.05, 4.69) is 38.0 Å². The third-order valence-electron chi connectivity index (χ3n) is 2.88. The van der Waals surface area contributed by atoms with Gasteiger partial charge in [0, 0.05) is 18.8 Å². The van der Waals surface area contributed by atoms with E-state index < -0.39 is 0 Å². The molecule has 1 aromatic rings. The van der Waals surface area contributed by atoms with Gasteiger partial charge in [0.1, 0.15) is 5.60 Å². The highest BCUT2D eigenvalue weighted by atomic mass is 35.5. The highest BCUT2D eigenvalue weighted by Crippen LogP contribution is 2.23. The van der Waals surface area contributed by atoms with E-state index in [1.807, 2.05) is 6.07 Å². The summed E-state index contributed by atoms with van der Waals surface area (Å²) in [6.07, 6.45) is 3.70. The molecular weight excluding hydrogens is 248 g/mol. The minimum Gasteiger partial charge on any atom is -0.472 e. The standard InChI is InChI=1S/C14H23ClN2O/c1-5-7-16-9-11-8-13(17-10-12(11)15)18-14(3,4)6-2/h8,10,16H,5-7,9H2,1-4H3. The highest BCUT2D eigenvalue weighted by Gasteiger charge is 2.18. The molecule has 0 aromatic carbocycles. The van der Waals surface area contributed by atoms with E-state index in [0.29, 0.717) is 10.9 Å². The zero-order valence-corrected chi connectivity index (χ0v) is 12.5. The van der Waals surface area contributed by atoms with Crippen molar-refractivity contribution in [1.29, 1.82) is 0 Å². The lowest BCUT2D eigenvalue weighted by atomic mass is 10.1. The largest absolute Gasteiger partial charge is 0.472 e. The van der Waals surface area contributed by atoms with Gasteiger partial charge in [0.2, 0.25) is 5.88 Å². The predicted octanol–water partition coefficient (Wildman–Crippen LogP) is 3.80. The van der Waals surface area contributed by atoms with Gasteiger partial charge >= 0.3 is 0 Å². The van der Waals surface area contributed by atoms with E-state index in [1.165, 1.54) is 0 Å². The quantitative estimate of drug-likeness (QED) is 0.765. The monoisotopic (exact) mass is 270 g/mol. The summed E-state index contributed by atoms with van der Waals surface area (Å²) in [4.78, 5) is 4.22. The van der Waals surface area contributed by atoms with Crippen molar-refractivity contribution in [2.24, 2.45) is 0 Å². The molecule has 0 aliphatic heterocycles. The molecule has 1 rings (SSSR count). The number of hydrogen-bond donors (Lipinski definition) is 1. The number of pyridine rings is 1. The molecule has 0 amide bonds. The van der Waals surface area contributed by atoms with Crippen LogP contribution in [-0.4, -0.2) is 17.1 Å². The summed E-state index contributed by atoms with van der Waals surface area (Å²) in [5.74, 6) is 0.638. The van der Waals surface area contributed by atoms with Crippen LogP contribution >= 0.6 is 11.6 Å². The number of rotatable bonds is 7. The number of nitrogens with one attached hydrogen (secondary N) is 1. The molecule has 0 spiro atoms. The van der Waals surface area contributed by atoms with E-state index in [0.717, 1.165) is 31.5 Å². The molecule has 102 valence electrons. The molecule has 0 radical (unpaired) electrons. The summed E-state index contributed by atoms with van der Waals surface area (Å²) in [5, 5.41) is 4.01. The van der Waals surface area contributed by atoms with Crippen LogP contribution in [0.4, 0.5) is 0 Å². The molecule has 4 heteroatoms. The molecule has 0 aliphatic carbocycles. The second-order valence-corrected chi connectivity index (χ2v) is 5.41. The van der Waals surface area contributed by atoms with Crippen LogP contribution in [-0.2, 0) is 6.54 Å². The summed E-state index contributed by atoms with van der Waals surface area (Å²) in [6.45, 7) is 10.1. The van der Waals surface area contributed by atoms with Gasteiger partial charge in [0.05, 0.1) is 5.02 Å². The summed E-state index contributed by atoms with van der Waals surface area (Å²) in [5.41, 5.74) is 0.830. The Labute approximate surface area is 115 Å². The number of aromatic nitrogens is 1. The van der Waals surface area contributed by atoms with Crippen molar-refractivity contribution >= 4 is 11.6 Å². The van der Waals surface area contributed by atoms with Crippen molar-refractivity contribution in [1.82, 2.24) is 10.3 Å². The van der Waals surface area contributed by atoms with Gasteiger partial charge in [-0.05, 0) is 38.8 Å². The Morgan fingerprint density at radius 1 is 1.39 bits per heavy atom. The van der Waals surface area contributed by atoms with Crippen LogP contribution in [0.25, 0.3) is 0 Å². The molecule has 0 saturated heterocycles. The molecule has 18 heavy (non-hydrogen) atoms. The van der Waals surface area contributed by atoms with Crippen molar-refractivity contribution in [3.63, 3.8) is 0 Å². The van der Waals surface area contributed by atoms with E-state index in [1.54, 1.807) is 6.20 Å². The fourth-order valence-electron chi connectivity index (χ4n) is 1.40. The number of halogens is 1. The predicted molar refractivity (Wildman–Crippen MR) is 76.2 cm³/mol. The van der Waals surface area contributed by atoms with Gasteiger partial charge in [-0.15, -0.1) is 0 Å². The molecule has 1 heterocycles. The maximum Gasteiger partial charge on any atom is 0.214 e. The van der Waals surface area contributed by atoms with Crippen molar-refractivity contribution in [2.75, 3.05) is 6.54 Å². The molecule has 0 aliphatic rings. The Morgan fingerprint density at radius 2 is 2.11 bits per heavy atom. The van der Waals surface area contributed by atoms with Gasteiger partial charge in [-0.25, -0.2) is 4.98 Å². The average Bonchev–Trinajstić information content (AvgIpc) is 2.33. The third-order valence-corrected chi connectivity index (χ3v) is 3.22. The summed E-state index contributed by atoms with van der Waals surface area (Å²) in [7, 11) is 0. The first-order valence-electron chi connectivity index (χ1n) is 6.52. The molecule has 3 nitrogen and oxygen atoms in total. The zero-order valence-electron chi connectivity index (χ0n) is 11.7. The van der Waals surface area contributed by atoms with Gasteiger partial charge in [-0.2, -0.15) is 0 Å². The molecule has 1 aromatic heterocycles. The Hall–Kier alpha value is -0.800. The minimum absolute atomic E-state index is 0.199. The Morgan fingerprint density at radius 3 is 2.72 bits per heavy atom. The number of nitrogens with zero attached hydrogens (tertiary/aromatic N) is 1. The van der Waals surface area contributed by atoms with Crippen LogP contribution < -0.4 is 10.1 Å². The van der Waals surface area contributed by atoms with Crippen LogP contribution in [0.3, 0.4) is 0 Å². The van der Waals surface area contributed by atoms with Gasteiger partial charge in [-0.3, -0.25) is 0 Å². The first-order valence-corrected chi connectivity index (χ1v) is 6.90. The summed E-state index contributed by atoms with van der Waals surface area (Å²) >= 11 is 6.12. The Bertz CT molecular complexity index is 380. The topological polar surface area (TPSA) is 34.1 Å². The molecule has 1 N–H and O–H groups in total. The zero-order chi connectivity index (χ0) is 13.6. The highest BCUT2D eigenvalue weighted by molar-refractivity contribution is 6.31. The SMILES string of the molecule is CCCNCc1cc(OC(C)(C)CC)ncc1Cl. The van der Waals surface area contributed by atoms with Crippen molar-refractivity contribution in [3.8, 4) is 5.88 Å². The average molecular weight is 271 g/mol. The van der Waals surface area contributed by atoms with Crippen molar-refractivity contribution in [2.45, 2.75) is 52.7 Å². The molecule has 0 unspecified atom stereocenters. The van der Waals surface area contributed by atoms with E-state index >= 15 is 0 Å². The first-order chi connectivity index (χ1) is 8.48. The van der Waals surface area contributed by atoms with Crippen LogP contribution in [0.1, 0.15) is 46.1 Å². The lowest BCUT2D eigenvalue weighted by Gasteiger charge is -2.24. The maximum atomic E-state index is 6.12. The molecule has 0 saturated carbocycles. The normalized spacial score (nSPS) is 11.6. The minimum atomic E-state index is -0.199. The maximum absolute atomic E-state index is 6.12. The Balaban J connectivity index is 2.74. The summed E-state index contributed by atoms with van der Waals surface area (Å²) < 4.78 is 5.86. The van der Waals surface area contributed by atoms with E-state index in [4.69, 9.17) is 16.3 Å². The Kier molecular flexibility index (Phi) is 5.89. The van der Waals surface area contributed by atoms with Crippen LogP contribution in [0.15, 0.2) is 12.3 Å². The lowest BCUT2D eigenvalue weighted by molar-refractivity contribution is 0.0989. The van der Waals surface area contributed by atoms with Crippen molar-refractivity contribution < 1.29 is 4.74 Å². The molecular formula is C14H23ClN2O. The van der Waals surface area contributed by atoms with Crippen molar-refractivity contribution in [3.05, 3.63) is 22.8 Å². The van der Waals surface area contributed by atoms with Crippen LogP contribution in [0.2, 0.25) is 5.02 Å². The van der Waals surface area contributed by atoms with Gasteiger partial charge < -0.3 is 10.1 Å². The molecule has 0 fully saturated rings. The second kappa shape index (κ2) is 6.95. The third kappa shape index (κ3) is 4.83. The van der Waals surface area contributed by atoms with Crippen LogP contribution in [0, 0.1) is 0 Å². The van der Waals surface area contributed by atoms with Crippen LogP contribution in [0.5, 0.6) is 5.88 Å². The summed E-state index contributed by atoms with van der Waals surface area (Å²) in [6, 6.07) is 1.92. The number of ether oxygens (including phenoxy) is 1. The van der Waals surface area contributed by atoms with E-state index in [-0.39, 0.29) is 5.60 Å². The van der Waals surface area contributed by atoms with E-state index in [9.17, 15) is 0 Å². The fraction of sp³-hybridized carbons (Fsp3) is 0.643. The number of hydrogen-bond acceptors (Lipinski definition) is 3. The second-order valence-electron chi connectivity index (χ2n) is 5.01. The smallest absolute Gasteiger partial charge is 0.214 e. The molecule has 0 bridgehead atoms. The molecule has 0 atom stereocenters.